The summed E-state index contributed by atoms with van der Waals surface area (Å²) in [6.45, 7) is 3.19. The summed E-state index contributed by atoms with van der Waals surface area (Å²) >= 11 is 11.8. The minimum atomic E-state index is -0.555. The van der Waals surface area contributed by atoms with Crippen LogP contribution >= 0.6 is 23.2 Å². The summed E-state index contributed by atoms with van der Waals surface area (Å²) in [5.74, 6) is -0.356. The van der Waals surface area contributed by atoms with Gasteiger partial charge in [-0.3, -0.25) is 19.8 Å². The molecule has 6 nitrogen and oxygen atoms in total. The Hall–Kier alpha value is -2.15. The SMILES string of the molecule is O=C(c1cc(Cl)ccc1[N+](=O)[O-])N1CCN(Cc2ccc(Cl)cc2)CC1. The van der Waals surface area contributed by atoms with Gasteiger partial charge in [-0.1, -0.05) is 35.3 Å². The molecule has 0 unspecified atom stereocenters. The lowest BCUT2D eigenvalue weighted by Crippen LogP contribution is -2.48. The van der Waals surface area contributed by atoms with E-state index in [4.69, 9.17) is 23.2 Å². The van der Waals surface area contributed by atoms with Crippen LogP contribution in [0.25, 0.3) is 0 Å². The third-order valence-electron chi connectivity index (χ3n) is 4.36. The van der Waals surface area contributed by atoms with Crippen LogP contribution in [-0.4, -0.2) is 46.8 Å². The first-order valence-electron chi connectivity index (χ1n) is 8.14. The number of benzene rings is 2. The van der Waals surface area contributed by atoms with Crippen molar-refractivity contribution in [2.45, 2.75) is 6.54 Å². The highest BCUT2D eigenvalue weighted by Gasteiger charge is 2.27. The molecule has 1 heterocycles. The maximum atomic E-state index is 12.7. The number of halogens is 2. The van der Waals surface area contributed by atoms with Crippen molar-refractivity contribution >= 4 is 34.8 Å². The molecule has 2 aromatic carbocycles. The van der Waals surface area contributed by atoms with Crippen molar-refractivity contribution in [3.05, 3.63) is 73.8 Å². The summed E-state index contributed by atoms with van der Waals surface area (Å²) in [6.07, 6.45) is 0. The third kappa shape index (κ3) is 4.33. The monoisotopic (exact) mass is 393 g/mol. The number of hydrogen-bond donors (Lipinski definition) is 0. The molecule has 1 aliphatic heterocycles. The molecule has 0 saturated carbocycles. The normalized spacial score (nSPS) is 15.1. The number of rotatable bonds is 4. The van der Waals surface area contributed by atoms with Gasteiger partial charge >= 0.3 is 0 Å². The minimum absolute atomic E-state index is 0.0358. The molecular weight excluding hydrogens is 377 g/mol. The van der Waals surface area contributed by atoms with Gasteiger partial charge in [0.15, 0.2) is 0 Å². The topological polar surface area (TPSA) is 66.7 Å². The summed E-state index contributed by atoms with van der Waals surface area (Å²) in [6, 6.07) is 11.7. The Morgan fingerprint density at radius 2 is 1.62 bits per heavy atom. The fraction of sp³-hybridized carbons (Fsp3) is 0.278. The Kier molecular flexibility index (Phi) is 5.76. The number of nitro groups is 1. The molecule has 0 atom stereocenters. The van der Waals surface area contributed by atoms with Gasteiger partial charge in [0.25, 0.3) is 11.6 Å². The van der Waals surface area contributed by atoms with Crippen molar-refractivity contribution < 1.29 is 9.72 Å². The van der Waals surface area contributed by atoms with Crippen LogP contribution in [0.15, 0.2) is 42.5 Å². The maximum Gasteiger partial charge on any atom is 0.282 e. The van der Waals surface area contributed by atoms with Gasteiger partial charge in [0.1, 0.15) is 5.56 Å². The molecule has 1 aliphatic rings. The molecule has 8 heteroatoms. The highest BCUT2D eigenvalue weighted by molar-refractivity contribution is 6.31. The average Bonchev–Trinajstić information content (AvgIpc) is 2.63. The number of carbonyl (C=O) groups excluding carboxylic acids is 1. The van der Waals surface area contributed by atoms with E-state index in [9.17, 15) is 14.9 Å². The van der Waals surface area contributed by atoms with Crippen LogP contribution in [0.2, 0.25) is 10.0 Å². The molecular formula is C18H17Cl2N3O3. The van der Waals surface area contributed by atoms with Gasteiger partial charge in [0.05, 0.1) is 4.92 Å². The molecule has 0 aromatic heterocycles. The molecule has 136 valence electrons. The van der Waals surface area contributed by atoms with E-state index in [0.29, 0.717) is 36.2 Å². The lowest BCUT2D eigenvalue weighted by Gasteiger charge is -2.34. The van der Waals surface area contributed by atoms with E-state index >= 15 is 0 Å². The van der Waals surface area contributed by atoms with Crippen LogP contribution in [-0.2, 0) is 6.54 Å². The van der Waals surface area contributed by atoms with Gasteiger partial charge in [0.2, 0.25) is 0 Å². The van der Waals surface area contributed by atoms with Crippen molar-refractivity contribution in [2.24, 2.45) is 0 Å². The molecule has 0 spiro atoms. The first-order valence-corrected chi connectivity index (χ1v) is 8.89. The van der Waals surface area contributed by atoms with Crippen LogP contribution < -0.4 is 0 Å². The zero-order chi connectivity index (χ0) is 18.7. The Morgan fingerprint density at radius 3 is 2.23 bits per heavy atom. The molecule has 2 aromatic rings. The molecule has 1 saturated heterocycles. The van der Waals surface area contributed by atoms with Crippen molar-refractivity contribution in [3.63, 3.8) is 0 Å². The zero-order valence-electron chi connectivity index (χ0n) is 13.9. The lowest BCUT2D eigenvalue weighted by atomic mass is 10.1. The van der Waals surface area contributed by atoms with E-state index in [1.54, 1.807) is 4.90 Å². The summed E-state index contributed by atoms with van der Waals surface area (Å²) in [5, 5.41) is 12.2. The van der Waals surface area contributed by atoms with E-state index in [2.05, 4.69) is 4.90 Å². The van der Waals surface area contributed by atoms with E-state index in [1.807, 2.05) is 24.3 Å². The number of amides is 1. The molecule has 3 rings (SSSR count). The lowest BCUT2D eigenvalue weighted by molar-refractivity contribution is -0.385. The number of nitro benzene ring substituents is 1. The van der Waals surface area contributed by atoms with E-state index < -0.39 is 4.92 Å². The fourth-order valence-electron chi connectivity index (χ4n) is 2.97. The van der Waals surface area contributed by atoms with Gasteiger partial charge in [-0.25, -0.2) is 0 Å². The number of nitrogens with zero attached hydrogens (tertiary/aromatic N) is 3. The van der Waals surface area contributed by atoms with Crippen molar-refractivity contribution in [2.75, 3.05) is 26.2 Å². The zero-order valence-corrected chi connectivity index (χ0v) is 15.4. The predicted molar refractivity (Wildman–Crippen MR) is 101 cm³/mol. The van der Waals surface area contributed by atoms with Crippen LogP contribution in [0.5, 0.6) is 0 Å². The highest BCUT2D eigenvalue weighted by Crippen LogP contribution is 2.25. The summed E-state index contributed by atoms with van der Waals surface area (Å²) in [7, 11) is 0. The summed E-state index contributed by atoms with van der Waals surface area (Å²) < 4.78 is 0. The van der Waals surface area contributed by atoms with Crippen molar-refractivity contribution in [1.82, 2.24) is 9.80 Å². The number of piperazine rings is 1. The van der Waals surface area contributed by atoms with Crippen molar-refractivity contribution in [3.8, 4) is 0 Å². The Bertz CT molecular complexity index is 819. The second-order valence-electron chi connectivity index (χ2n) is 6.11. The molecule has 1 amide bonds. The van der Waals surface area contributed by atoms with E-state index in [-0.39, 0.29) is 17.2 Å². The van der Waals surface area contributed by atoms with Crippen LogP contribution in [0.3, 0.4) is 0 Å². The second kappa shape index (κ2) is 8.03. The van der Waals surface area contributed by atoms with Gasteiger partial charge in [0, 0.05) is 48.8 Å². The van der Waals surface area contributed by atoms with Gasteiger partial charge in [-0.05, 0) is 29.8 Å². The van der Waals surface area contributed by atoms with Gasteiger partial charge < -0.3 is 4.90 Å². The van der Waals surface area contributed by atoms with Crippen LogP contribution in [0.1, 0.15) is 15.9 Å². The number of hydrogen-bond acceptors (Lipinski definition) is 4. The molecule has 0 bridgehead atoms. The average molecular weight is 394 g/mol. The van der Waals surface area contributed by atoms with Gasteiger partial charge in [-0.15, -0.1) is 0 Å². The molecule has 0 N–H and O–H groups in total. The maximum absolute atomic E-state index is 12.7. The predicted octanol–water partition coefficient (Wildman–Crippen LogP) is 3.86. The minimum Gasteiger partial charge on any atom is -0.336 e. The van der Waals surface area contributed by atoms with Crippen molar-refractivity contribution in [1.29, 1.82) is 0 Å². The summed E-state index contributed by atoms with van der Waals surface area (Å²) in [5.41, 5.74) is 0.969. The van der Waals surface area contributed by atoms with E-state index in [1.165, 1.54) is 18.2 Å². The first kappa shape index (κ1) is 18.6. The quantitative estimate of drug-likeness (QED) is 0.584. The fourth-order valence-corrected chi connectivity index (χ4v) is 3.26. The van der Waals surface area contributed by atoms with Gasteiger partial charge in [-0.2, -0.15) is 0 Å². The Labute approximate surface area is 161 Å². The largest absolute Gasteiger partial charge is 0.336 e. The first-order chi connectivity index (χ1) is 12.4. The smallest absolute Gasteiger partial charge is 0.282 e. The Morgan fingerprint density at radius 1 is 1.00 bits per heavy atom. The summed E-state index contributed by atoms with van der Waals surface area (Å²) in [4.78, 5) is 27.2. The van der Waals surface area contributed by atoms with E-state index in [0.717, 1.165) is 12.1 Å². The van der Waals surface area contributed by atoms with Crippen LogP contribution in [0, 0.1) is 10.1 Å². The highest BCUT2D eigenvalue weighted by atomic mass is 35.5. The third-order valence-corrected chi connectivity index (χ3v) is 4.85. The molecule has 0 aliphatic carbocycles. The second-order valence-corrected chi connectivity index (χ2v) is 6.99. The Balaban J connectivity index is 1.64. The standard InChI is InChI=1S/C18H17Cl2N3O3/c19-14-3-1-13(2-4-14)12-21-7-9-22(10-8-21)18(24)16-11-15(20)5-6-17(16)23(25)26/h1-6,11H,7-10,12H2. The molecule has 26 heavy (non-hydrogen) atoms. The number of carbonyl (C=O) groups is 1. The molecule has 0 radical (unpaired) electrons. The van der Waals surface area contributed by atoms with Crippen LogP contribution in [0.4, 0.5) is 5.69 Å². The molecule has 1 fully saturated rings.